The molecule has 0 spiro atoms. The van der Waals surface area contributed by atoms with Crippen LogP contribution in [0.25, 0.3) is 5.57 Å². The van der Waals surface area contributed by atoms with Crippen molar-refractivity contribution in [3.63, 3.8) is 0 Å². The van der Waals surface area contributed by atoms with Gasteiger partial charge in [0.1, 0.15) is 5.82 Å². The first kappa shape index (κ1) is 11.6. The SMILES string of the molecule is NC1C=C(c2cc(F)ccc2Cl)CCCC1. The Balaban J connectivity index is 2.38. The number of benzene rings is 1. The van der Waals surface area contributed by atoms with Gasteiger partial charge >= 0.3 is 0 Å². The first-order valence-electron chi connectivity index (χ1n) is 5.58. The molecule has 1 aliphatic rings. The third-order valence-electron chi connectivity index (χ3n) is 2.92. The lowest BCUT2D eigenvalue weighted by Gasteiger charge is -2.09. The molecule has 0 aliphatic heterocycles. The van der Waals surface area contributed by atoms with Gasteiger partial charge in [0.2, 0.25) is 0 Å². The molecule has 16 heavy (non-hydrogen) atoms. The van der Waals surface area contributed by atoms with E-state index in [0.717, 1.165) is 36.8 Å². The highest BCUT2D eigenvalue weighted by molar-refractivity contribution is 6.32. The van der Waals surface area contributed by atoms with Gasteiger partial charge in [-0.2, -0.15) is 0 Å². The van der Waals surface area contributed by atoms with Crippen LogP contribution in [0.4, 0.5) is 4.39 Å². The Bertz CT molecular complexity index is 414. The maximum atomic E-state index is 13.2. The molecule has 1 aromatic rings. The van der Waals surface area contributed by atoms with Crippen molar-refractivity contribution in [2.75, 3.05) is 0 Å². The summed E-state index contributed by atoms with van der Waals surface area (Å²) in [5, 5.41) is 0.599. The van der Waals surface area contributed by atoms with Gasteiger partial charge in [-0.3, -0.25) is 0 Å². The fraction of sp³-hybridized carbons (Fsp3) is 0.385. The van der Waals surface area contributed by atoms with Gasteiger partial charge in [0.15, 0.2) is 0 Å². The Kier molecular flexibility index (Phi) is 3.62. The molecular formula is C13H15ClFN. The molecule has 0 saturated carbocycles. The van der Waals surface area contributed by atoms with Gasteiger partial charge < -0.3 is 5.73 Å². The monoisotopic (exact) mass is 239 g/mol. The molecule has 0 heterocycles. The second kappa shape index (κ2) is 4.98. The van der Waals surface area contributed by atoms with Crippen molar-refractivity contribution in [3.05, 3.63) is 40.7 Å². The number of hydrogen-bond donors (Lipinski definition) is 1. The third-order valence-corrected chi connectivity index (χ3v) is 3.25. The molecule has 0 saturated heterocycles. The molecule has 2 rings (SSSR count). The van der Waals surface area contributed by atoms with Crippen LogP contribution in [-0.2, 0) is 0 Å². The second-order valence-electron chi connectivity index (χ2n) is 4.23. The first-order chi connectivity index (χ1) is 7.66. The van der Waals surface area contributed by atoms with Crippen molar-refractivity contribution in [2.24, 2.45) is 5.73 Å². The van der Waals surface area contributed by atoms with Crippen LogP contribution in [0.2, 0.25) is 5.02 Å². The fourth-order valence-corrected chi connectivity index (χ4v) is 2.33. The molecule has 1 nitrogen and oxygen atoms in total. The van der Waals surface area contributed by atoms with Crippen molar-refractivity contribution >= 4 is 17.2 Å². The number of nitrogens with two attached hydrogens (primary N) is 1. The largest absolute Gasteiger partial charge is 0.324 e. The van der Waals surface area contributed by atoms with Crippen LogP contribution in [-0.4, -0.2) is 6.04 Å². The zero-order chi connectivity index (χ0) is 11.5. The lowest BCUT2D eigenvalue weighted by molar-refractivity contribution is 0.627. The van der Waals surface area contributed by atoms with E-state index >= 15 is 0 Å². The molecule has 0 fully saturated rings. The average Bonchev–Trinajstić information content (AvgIpc) is 2.46. The van der Waals surface area contributed by atoms with Gasteiger partial charge in [-0.05, 0) is 48.6 Å². The highest BCUT2D eigenvalue weighted by atomic mass is 35.5. The Labute approximate surface area is 100 Å². The Hall–Kier alpha value is -0.860. The lowest BCUT2D eigenvalue weighted by atomic mass is 10.0. The fourth-order valence-electron chi connectivity index (χ4n) is 2.09. The summed E-state index contributed by atoms with van der Waals surface area (Å²) >= 11 is 6.08. The van der Waals surface area contributed by atoms with Gasteiger partial charge in [0.05, 0.1) is 0 Å². The van der Waals surface area contributed by atoms with Crippen LogP contribution in [0.5, 0.6) is 0 Å². The van der Waals surface area contributed by atoms with Crippen molar-refractivity contribution < 1.29 is 4.39 Å². The van der Waals surface area contributed by atoms with Crippen LogP contribution in [0, 0.1) is 5.82 Å². The summed E-state index contributed by atoms with van der Waals surface area (Å²) in [5.41, 5.74) is 7.81. The predicted molar refractivity (Wildman–Crippen MR) is 65.8 cm³/mol. The summed E-state index contributed by atoms with van der Waals surface area (Å²) in [6, 6.07) is 4.54. The quantitative estimate of drug-likeness (QED) is 0.793. The maximum absolute atomic E-state index is 13.2. The molecule has 2 N–H and O–H groups in total. The van der Waals surface area contributed by atoms with E-state index in [2.05, 4.69) is 0 Å². The van der Waals surface area contributed by atoms with Crippen LogP contribution >= 0.6 is 11.6 Å². The van der Waals surface area contributed by atoms with Crippen LogP contribution in [0.15, 0.2) is 24.3 Å². The molecule has 0 aromatic heterocycles. The smallest absolute Gasteiger partial charge is 0.123 e. The van der Waals surface area contributed by atoms with Crippen molar-refractivity contribution in [1.82, 2.24) is 0 Å². The predicted octanol–water partition coefficient (Wildman–Crippen LogP) is 3.76. The highest BCUT2D eigenvalue weighted by Gasteiger charge is 2.13. The summed E-state index contributed by atoms with van der Waals surface area (Å²) in [7, 11) is 0. The minimum atomic E-state index is -0.252. The van der Waals surface area contributed by atoms with E-state index < -0.39 is 0 Å². The molecule has 0 bridgehead atoms. The van der Waals surface area contributed by atoms with E-state index in [1.165, 1.54) is 12.1 Å². The number of allylic oxidation sites excluding steroid dienone is 1. The molecule has 0 radical (unpaired) electrons. The van der Waals surface area contributed by atoms with Crippen molar-refractivity contribution in [1.29, 1.82) is 0 Å². The lowest BCUT2D eigenvalue weighted by Crippen LogP contribution is -2.15. The van der Waals surface area contributed by atoms with Gasteiger partial charge in [0.25, 0.3) is 0 Å². The molecule has 86 valence electrons. The molecule has 1 aromatic carbocycles. The van der Waals surface area contributed by atoms with Crippen LogP contribution < -0.4 is 5.73 Å². The summed E-state index contributed by atoms with van der Waals surface area (Å²) in [6.45, 7) is 0. The van der Waals surface area contributed by atoms with E-state index in [9.17, 15) is 4.39 Å². The first-order valence-corrected chi connectivity index (χ1v) is 5.96. The molecule has 3 heteroatoms. The molecule has 1 unspecified atom stereocenters. The molecular weight excluding hydrogens is 225 g/mol. The summed E-state index contributed by atoms with van der Waals surface area (Å²) in [4.78, 5) is 0. The summed E-state index contributed by atoms with van der Waals surface area (Å²) in [5.74, 6) is -0.252. The third kappa shape index (κ3) is 2.63. The second-order valence-corrected chi connectivity index (χ2v) is 4.63. The number of halogens is 2. The Morgan fingerprint density at radius 2 is 2.12 bits per heavy atom. The minimum Gasteiger partial charge on any atom is -0.324 e. The standard InChI is InChI=1S/C13H15ClFN/c14-13-6-5-10(15)8-12(13)9-3-1-2-4-11(16)7-9/h5-8,11H,1-4,16H2. The van der Waals surface area contributed by atoms with Gasteiger partial charge in [-0.1, -0.05) is 24.1 Å². The topological polar surface area (TPSA) is 26.0 Å². The number of rotatable bonds is 1. The molecule has 1 atom stereocenters. The van der Waals surface area contributed by atoms with Crippen LogP contribution in [0.3, 0.4) is 0 Å². The zero-order valence-corrected chi connectivity index (χ0v) is 9.80. The van der Waals surface area contributed by atoms with Crippen molar-refractivity contribution in [2.45, 2.75) is 31.7 Å². The van der Waals surface area contributed by atoms with E-state index in [1.54, 1.807) is 6.07 Å². The van der Waals surface area contributed by atoms with E-state index in [4.69, 9.17) is 17.3 Å². The molecule has 0 amide bonds. The summed E-state index contributed by atoms with van der Waals surface area (Å²) in [6.07, 6.45) is 6.15. The molecule has 1 aliphatic carbocycles. The van der Waals surface area contributed by atoms with E-state index in [-0.39, 0.29) is 11.9 Å². The maximum Gasteiger partial charge on any atom is 0.123 e. The summed E-state index contributed by atoms with van der Waals surface area (Å²) < 4.78 is 13.2. The van der Waals surface area contributed by atoms with Crippen molar-refractivity contribution in [3.8, 4) is 0 Å². The van der Waals surface area contributed by atoms with Gasteiger partial charge in [0, 0.05) is 11.1 Å². The van der Waals surface area contributed by atoms with Gasteiger partial charge in [-0.25, -0.2) is 4.39 Å². The van der Waals surface area contributed by atoms with Crippen LogP contribution in [0.1, 0.15) is 31.2 Å². The highest BCUT2D eigenvalue weighted by Crippen LogP contribution is 2.31. The minimum absolute atomic E-state index is 0.0665. The Morgan fingerprint density at radius 3 is 2.94 bits per heavy atom. The van der Waals surface area contributed by atoms with E-state index in [0.29, 0.717) is 5.02 Å². The average molecular weight is 240 g/mol. The normalized spacial score (nSPS) is 21.4. The van der Waals surface area contributed by atoms with Gasteiger partial charge in [-0.15, -0.1) is 0 Å². The number of hydrogen-bond acceptors (Lipinski definition) is 1. The zero-order valence-electron chi connectivity index (χ0n) is 9.05. The van der Waals surface area contributed by atoms with E-state index in [1.807, 2.05) is 6.08 Å². The Morgan fingerprint density at radius 1 is 1.31 bits per heavy atom.